The minimum absolute atomic E-state index is 0.171. The number of thiophene rings is 1. The molecule has 1 aromatic heterocycles. The molecule has 2 rings (SSSR count). The fourth-order valence-electron chi connectivity index (χ4n) is 1.52. The Hall–Kier alpha value is -1.46. The van der Waals surface area contributed by atoms with Crippen molar-refractivity contribution in [2.45, 2.75) is 19.4 Å². The Kier molecular flexibility index (Phi) is 3.36. The summed E-state index contributed by atoms with van der Waals surface area (Å²) in [6.45, 7) is 4.08. The molecule has 5 heteroatoms. The van der Waals surface area contributed by atoms with Crippen molar-refractivity contribution in [2.24, 2.45) is 5.73 Å². The van der Waals surface area contributed by atoms with Crippen LogP contribution in [0.3, 0.4) is 0 Å². The smallest absolute Gasteiger partial charge is 0.261 e. The van der Waals surface area contributed by atoms with Gasteiger partial charge in [0.25, 0.3) is 5.91 Å². The summed E-state index contributed by atoms with van der Waals surface area (Å²) in [4.78, 5) is 12.5. The average Bonchev–Trinajstić information content (AvgIpc) is 2.67. The summed E-state index contributed by atoms with van der Waals surface area (Å²) in [5, 5.41) is 3.51. The minimum atomic E-state index is -0.446. The van der Waals surface area contributed by atoms with Crippen LogP contribution in [0.4, 0.5) is 4.39 Å². The summed E-state index contributed by atoms with van der Waals surface area (Å²) in [6, 6.07) is 6.19. The van der Waals surface area contributed by atoms with Crippen LogP contribution in [-0.2, 0) is 0 Å². The van der Waals surface area contributed by atoms with E-state index in [4.69, 9.17) is 5.73 Å². The fourth-order valence-corrected chi connectivity index (χ4v) is 2.48. The maximum Gasteiger partial charge on any atom is 0.261 e. The van der Waals surface area contributed by atoms with Gasteiger partial charge in [-0.1, -0.05) is 0 Å². The second-order valence-electron chi connectivity index (χ2n) is 4.96. The number of fused-ring (bicyclic) bond motifs is 1. The number of hydrogen-bond donors (Lipinski definition) is 2. The van der Waals surface area contributed by atoms with Crippen molar-refractivity contribution in [1.82, 2.24) is 5.32 Å². The highest BCUT2D eigenvalue weighted by atomic mass is 32.1. The lowest BCUT2D eigenvalue weighted by molar-refractivity contribution is 0.0950. The van der Waals surface area contributed by atoms with Gasteiger partial charge in [0.15, 0.2) is 0 Å². The molecule has 0 aliphatic heterocycles. The first-order chi connectivity index (χ1) is 8.35. The van der Waals surface area contributed by atoms with Gasteiger partial charge in [-0.05, 0) is 43.5 Å². The van der Waals surface area contributed by atoms with E-state index in [1.807, 2.05) is 13.8 Å². The lowest BCUT2D eigenvalue weighted by atomic mass is 10.1. The number of halogens is 1. The molecule has 3 N–H and O–H groups in total. The summed E-state index contributed by atoms with van der Waals surface area (Å²) in [7, 11) is 0. The van der Waals surface area contributed by atoms with E-state index in [0.717, 1.165) is 10.1 Å². The average molecular weight is 266 g/mol. The van der Waals surface area contributed by atoms with Gasteiger partial charge in [-0.25, -0.2) is 4.39 Å². The van der Waals surface area contributed by atoms with Gasteiger partial charge in [0.2, 0.25) is 0 Å². The first-order valence-corrected chi connectivity index (χ1v) is 6.43. The van der Waals surface area contributed by atoms with E-state index in [1.165, 1.54) is 23.5 Å². The van der Waals surface area contributed by atoms with E-state index < -0.39 is 5.54 Å². The molecule has 0 radical (unpaired) electrons. The molecule has 0 fully saturated rings. The third-order valence-corrected chi connectivity index (χ3v) is 3.52. The Balaban J connectivity index is 2.18. The highest BCUT2D eigenvalue weighted by Crippen LogP contribution is 2.26. The van der Waals surface area contributed by atoms with Gasteiger partial charge < -0.3 is 11.1 Å². The van der Waals surface area contributed by atoms with Crippen LogP contribution in [0.2, 0.25) is 0 Å². The van der Waals surface area contributed by atoms with Gasteiger partial charge in [0.1, 0.15) is 5.82 Å². The molecule has 0 saturated carbocycles. The standard InChI is InChI=1S/C13H15FN2OS/c1-13(2,15)7-16-12(17)11-6-8-5-9(14)3-4-10(8)18-11/h3-6H,7,15H2,1-2H3,(H,16,17). The normalized spacial score (nSPS) is 11.8. The molecule has 3 nitrogen and oxygen atoms in total. The van der Waals surface area contributed by atoms with Gasteiger partial charge in [0, 0.05) is 16.8 Å². The van der Waals surface area contributed by atoms with E-state index in [2.05, 4.69) is 5.32 Å². The number of rotatable bonds is 3. The van der Waals surface area contributed by atoms with Crippen LogP contribution in [0.25, 0.3) is 10.1 Å². The van der Waals surface area contributed by atoms with E-state index >= 15 is 0 Å². The molecule has 0 saturated heterocycles. The molecular weight excluding hydrogens is 251 g/mol. The lowest BCUT2D eigenvalue weighted by Crippen LogP contribution is -2.44. The molecule has 96 valence electrons. The molecule has 0 bridgehead atoms. The quantitative estimate of drug-likeness (QED) is 0.897. The van der Waals surface area contributed by atoms with Crippen molar-refractivity contribution in [3.63, 3.8) is 0 Å². The van der Waals surface area contributed by atoms with Crippen LogP contribution < -0.4 is 11.1 Å². The Labute approximate surface area is 109 Å². The zero-order valence-corrected chi connectivity index (χ0v) is 11.1. The maximum absolute atomic E-state index is 13.0. The van der Waals surface area contributed by atoms with Gasteiger partial charge in [-0.3, -0.25) is 4.79 Å². The van der Waals surface area contributed by atoms with Gasteiger partial charge in [-0.15, -0.1) is 11.3 Å². The van der Waals surface area contributed by atoms with Crippen LogP contribution >= 0.6 is 11.3 Å². The highest BCUT2D eigenvalue weighted by Gasteiger charge is 2.15. The van der Waals surface area contributed by atoms with Crippen molar-refractivity contribution in [3.05, 3.63) is 35.0 Å². The van der Waals surface area contributed by atoms with Crippen molar-refractivity contribution in [1.29, 1.82) is 0 Å². The molecular formula is C13H15FN2OS. The monoisotopic (exact) mass is 266 g/mol. The number of carbonyl (C=O) groups is 1. The minimum Gasteiger partial charge on any atom is -0.350 e. The summed E-state index contributed by atoms with van der Waals surface area (Å²) < 4.78 is 13.9. The molecule has 0 atom stereocenters. The Bertz CT molecular complexity index is 586. The number of hydrogen-bond acceptors (Lipinski definition) is 3. The van der Waals surface area contributed by atoms with Gasteiger partial charge in [0.05, 0.1) is 4.88 Å². The van der Waals surface area contributed by atoms with Crippen molar-refractivity contribution in [3.8, 4) is 0 Å². The van der Waals surface area contributed by atoms with Crippen molar-refractivity contribution >= 4 is 27.3 Å². The van der Waals surface area contributed by atoms with Crippen molar-refractivity contribution < 1.29 is 9.18 Å². The SMILES string of the molecule is CC(C)(N)CNC(=O)c1cc2cc(F)ccc2s1. The number of amides is 1. The summed E-state index contributed by atoms with van der Waals surface area (Å²) in [6.07, 6.45) is 0. The van der Waals surface area contributed by atoms with E-state index in [0.29, 0.717) is 11.4 Å². The first-order valence-electron chi connectivity index (χ1n) is 5.61. The van der Waals surface area contributed by atoms with Crippen molar-refractivity contribution in [2.75, 3.05) is 6.54 Å². The molecule has 0 spiro atoms. The number of carbonyl (C=O) groups excluding carboxylic acids is 1. The highest BCUT2D eigenvalue weighted by molar-refractivity contribution is 7.20. The van der Waals surface area contributed by atoms with Crippen LogP contribution in [0, 0.1) is 5.82 Å². The molecule has 1 heterocycles. The largest absolute Gasteiger partial charge is 0.350 e. The molecule has 18 heavy (non-hydrogen) atoms. The molecule has 1 aromatic carbocycles. The second-order valence-corrected chi connectivity index (χ2v) is 6.05. The fraction of sp³-hybridized carbons (Fsp3) is 0.308. The number of nitrogens with two attached hydrogens (primary N) is 1. The maximum atomic E-state index is 13.0. The summed E-state index contributed by atoms with van der Waals surface area (Å²) in [5.74, 6) is -0.467. The number of benzene rings is 1. The Morgan fingerprint density at radius 1 is 1.44 bits per heavy atom. The van der Waals surface area contributed by atoms with Crippen LogP contribution in [0.1, 0.15) is 23.5 Å². The topological polar surface area (TPSA) is 55.1 Å². The predicted molar refractivity (Wildman–Crippen MR) is 72.4 cm³/mol. The summed E-state index contributed by atoms with van der Waals surface area (Å²) >= 11 is 1.35. The predicted octanol–water partition coefficient (Wildman–Crippen LogP) is 2.51. The Morgan fingerprint density at radius 2 is 2.17 bits per heavy atom. The number of nitrogens with one attached hydrogen (secondary N) is 1. The van der Waals surface area contributed by atoms with Gasteiger partial charge in [-0.2, -0.15) is 0 Å². The lowest BCUT2D eigenvalue weighted by Gasteiger charge is -2.18. The third kappa shape index (κ3) is 3.05. The third-order valence-electron chi connectivity index (χ3n) is 2.41. The molecule has 1 amide bonds. The zero-order valence-electron chi connectivity index (χ0n) is 10.3. The summed E-state index contributed by atoms with van der Waals surface area (Å²) in [5.41, 5.74) is 5.35. The van der Waals surface area contributed by atoms with Crippen LogP contribution in [-0.4, -0.2) is 18.0 Å². The molecule has 0 aliphatic rings. The second kappa shape index (κ2) is 4.66. The van der Waals surface area contributed by atoms with Crippen LogP contribution in [0.15, 0.2) is 24.3 Å². The van der Waals surface area contributed by atoms with E-state index in [9.17, 15) is 9.18 Å². The van der Waals surface area contributed by atoms with Crippen LogP contribution in [0.5, 0.6) is 0 Å². The van der Waals surface area contributed by atoms with E-state index in [1.54, 1.807) is 12.1 Å². The van der Waals surface area contributed by atoms with Gasteiger partial charge >= 0.3 is 0 Å². The molecule has 0 unspecified atom stereocenters. The molecule has 2 aromatic rings. The first kappa shape index (κ1) is 13.0. The Morgan fingerprint density at radius 3 is 2.83 bits per heavy atom. The zero-order chi connectivity index (χ0) is 13.3. The molecule has 0 aliphatic carbocycles. The van der Waals surface area contributed by atoms with E-state index in [-0.39, 0.29) is 11.7 Å².